The van der Waals surface area contributed by atoms with Crippen LogP contribution in [-0.4, -0.2) is 47.7 Å². The summed E-state index contributed by atoms with van der Waals surface area (Å²) in [6.07, 6.45) is 2.62. The van der Waals surface area contributed by atoms with E-state index in [0.29, 0.717) is 5.82 Å². The number of anilines is 2. The second kappa shape index (κ2) is 7.34. The summed E-state index contributed by atoms with van der Waals surface area (Å²) in [5.41, 5.74) is 7.17. The van der Waals surface area contributed by atoms with Gasteiger partial charge in [-0.2, -0.15) is 4.98 Å². The number of hydrogen-bond donors (Lipinski definition) is 3. The zero-order valence-corrected chi connectivity index (χ0v) is 12.9. The average molecular weight is 316 g/mol. The van der Waals surface area contributed by atoms with Crippen molar-refractivity contribution < 1.29 is 4.39 Å². The molecule has 1 aromatic carbocycles. The van der Waals surface area contributed by atoms with Crippen LogP contribution in [0.1, 0.15) is 6.42 Å². The van der Waals surface area contributed by atoms with Gasteiger partial charge in [0.05, 0.1) is 0 Å². The first-order valence-corrected chi connectivity index (χ1v) is 7.78. The Morgan fingerprint density at radius 3 is 3.09 bits per heavy atom. The Bertz CT molecular complexity index is 657. The topological polar surface area (TPSA) is 79.1 Å². The van der Waals surface area contributed by atoms with E-state index < -0.39 is 0 Å². The van der Waals surface area contributed by atoms with Crippen LogP contribution in [0.3, 0.4) is 0 Å². The molecule has 0 atom stereocenters. The van der Waals surface area contributed by atoms with Crippen molar-refractivity contribution in [3.05, 3.63) is 36.3 Å². The van der Waals surface area contributed by atoms with Crippen molar-refractivity contribution in [2.45, 2.75) is 6.42 Å². The van der Waals surface area contributed by atoms with Crippen molar-refractivity contribution in [1.29, 1.82) is 0 Å². The molecule has 2 aromatic rings. The van der Waals surface area contributed by atoms with E-state index >= 15 is 0 Å². The third kappa shape index (κ3) is 4.14. The van der Waals surface area contributed by atoms with E-state index in [9.17, 15) is 4.39 Å². The molecule has 6 nitrogen and oxygen atoms in total. The molecule has 23 heavy (non-hydrogen) atoms. The molecule has 1 aliphatic rings. The summed E-state index contributed by atoms with van der Waals surface area (Å²) in [5.74, 6) is 0.561. The van der Waals surface area contributed by atoms with Crippen molar-refractivity contribution in [2.75, 3.05) is 43.9 Å². The minimum absolute atomic E-state index is 0.205. The zero-order chi connectivity index (χ0) is 16.1. The van der Waals surface area contributed by atoms with E-state index in [0.717, 1.165) is 50.4 Å². The lowest BCUT2D eigenvalue weighted by molar-refractivity contribution is 0.333. The van der Waals surface area contributed by atoms with Gasteiger partial charge in [-0.25, -0.2) is 9.37 Å². The van der Waals surface area contributed by atoms with Gasteiger partial charge in [0.1, 0.15) is 11.6 Å². The van der Waals surface area contributed by atoms with Crippen LogP contribution < -0.4 is 16.4 Å². The van der Waals surface area contributed by atoms with Crippen molar-refractivity contribution >= 4 is 11.8 Å². The van der Waals surface area contributed by atoms with Gasteiger partial charge < -0.3 is 16.4 Å². The van der Waals surface area contributed by atoms with Gasteiger partial charge in [0, 0.05) is 44.6 Å². The second-order valence-corrected chi connectivity index (χ2v) is 5.56. The standard InChI is InChI=1S/C16H21FN6/c17-13-4-1-3-12(9-13)14-10-21-16(18)22-15(14)20-5-2-7-23-8-6-19-11-23/h1,3-4,9-10,19H,2,5-8,11H2,(H3,18,20,21,22). The summed E-state index contributed by atoms with van der Waals surface area (Å²) in [4.78, 5) is 10.6. The van der Waals surface area contributed by atoms with E-state index in [1.165, 1.54) is 12.1 Å². The normalized spacial score (nSPS) is 15.0. The molecule has 0 saturated carbocycles. The van der Waals surface area contributed by atoms with Crippen LogP contribution in [0.5, 0.6) is 0 Å². The summed E-state index contributed by atoms with van der Waals surface area (Å²) >= 11 is 0. The number of nitrogens with two attached hydrogens (primary N) is 1. The maximum absolute atomic E-state index is 13.4. The van der Waals surface area contributed by atoms with Gasteiger partial charge >= 0.3 is 0 Å². The second-order valence-electron chi connectivity index (χ2n) is 5.56. The zero-order valence-electron chi connectivity index (χ0n) is 12.9. The maximum atomic E-state index is 13.4. The van der Waals surface area contributed by atoms with Gasteiger partial charge in [-0.05, 0) is 24.1 Å². The number of aromatic nitrogens is 2. The molecule has 7 heteroatoms. The molecule has 1 aromatic heterocycles. The van der Waals surface area contributed by atoms with Gasteiger partial charge in [-0.1, -0.05) is 12.1 Å². The number of nitrogens with one attached hydrogen (secondary N) is 2. The molecule has 2 heterocycles. The summed E-state index contributed by atoms with van der Waals surface area (Å²) in [7, 11) is 0. The SMILES string of the molecule is Nc1ncc(-c2cccc(F)c2)c(NCCCN2CCNC2)n1. The van der Waals surface area contributed by atoms with Crippen molar-refractivity contribution in [1.82, 2.24) is 20.2 Å². The van der Waals surface area contributed by atoms with Crippen LogP contribution >= 0.6 is 0 Å². The quantitative estimate of drug-likeness (QED) is 0.702. The largest absolute Gasteiger partial charge is 0.369 e. The maximum Gasteiger partial charge on any atom is 0.221 e. The number of benzene rings is 1. The molecule has 3 rings (SSSR count). The third-order valence-corrected chi connectivity index (χ3v) is 3.83. The van der Waals surface area contributed by atoms with Gasteiger partial charge in [0.2, 0.25) is 5.95 Å². The highest BCUT2D eigenvalue weighted by Crippen LogP contribution is 2.26. The summed E-state index contributed by atoms with van der Waals surface area (Å²) in [6, 6.07) is 6.39. The number of halogens is 1. The van der Waals surface area contributed by atoms with Crippen LogP contribution in [0.25, 0.3) is 11.1 Å². The summed E-state index contributed by atoms with van der Waals surface area (Å²) in [5, 5.41) is 6.60. The lowest BCUT2D eigenvalue weighted by atomic mass is 10.1. The third-order valence-electron chi connectivity index (χ3n) is 3.83. The van der Waals surface area contributed by atoms with Gasteiger partial charge in [-0.3, -0.25) is 4.90 Å². The molecule has 0 radical (unpaired) electrons. The smallest absolute Gasteiger partial charge is 0.221 e. The van der Waals surface area contributed by atoms with Gasteiger partial charge in [0.15, 0.2) is 0 Å². The van der Waals surface area contributed by atoms with E-state index in [4.69, 9.17) is 5.73 Å². The van der Waals surface area contributed by atoms with Crippen molar-refractivity contribution in [2.24, 2.45) is 0 Å². The Morgan fingerprint density at radius 2 is 2.30 bits per heavy atom. The Labute approximate surface area is 134 Å². The Morgan fingerprint density at radius 1 is 1.39 bits per heavy atom. The highest BCUT2D eigenvalue weighted by molar-refractivity contribution is 5.75. The molecular formula is C16H21FN6. The first-order valence-electron chi connectivity index (χ1n) is 7.78. The molecule has 0 aliphatic carbocycles. The Hall–Kier alpha value is -2.25. The van der Waals surface area contributed by atoms with E-state index in [1.807, 2.05) is 6.07 Å². The molecule has 1 fully saturated rings. The number of hydrogen-bond acceptors (Lipinski definition) is 6. The molecule has 122 valence electrons. The fourth-order valence-electron chi connectivity index (χ4n) is 2.65. The Kier molecular flexibility index (Phi) is 4.99. The average Bonchev–Trinajstić information content (AvgIpc) is 3.05. The Balaban J connectivity index is 1.66. The molecule has 1 saturated heterocycles. The lowest BCUT2D eigenvalue weighted by Crippen LogP contribution is -2.24. The molecule has 0 amide bonds. The van der Waals surface area contributed by atoms with E-state index in [2.05, 4.69) is 25.5 Å². The number of rotatable bonds is 6. The van der Waals surface area contributed by atoms with Crippen molar-refractivity contribution in [3.63, 3.8) is 0 Å². The highest BCUT2D eigenvalue weighted by atomic mass is 19.1. The fourth-order valence-corrected chi connectivity index (χ4v) is 2.65. The monoisotopic (exact) mass is 316 g/mol. The number of nitrogen functional groups attached to an aromatic ring is 1. The molecular weight excluding hydrogens is 295 g/mol. The molecule has 4 N–H and O–H groups in total. The highest BCUT2D eigenvalue weighted by Gasteiger charge is 2.11. The predicted octanol–water partition coefficient (Wildman–Crippen LogP) is 1.53. The summed E-state index contributed by atoms with van der Waals surface area (Å²) in [6.45, 7) is 4.90. The summed E-state index contributed by atoms with van der Waals surface area (Å²) < 4.78 is 13.4. The molecule has 0 bridgehead atoms. The van der Waals surface area contributed by atoms with Crippen LogP contribution in [0.2, 0.25) is 0 Å². The minimum atomic E-state index is -0.285. The van der Waals surface area contributed by atoms with Gasteiger partial charge in [-0.15, -0.1) is 0 Å². The first kappa shape index (κ1) is 15.6. The molecule has 1 aliphatic heterocycles. The van der Waals surface area contributed by atoms with Crippen LogP contribution in [0, 0.1) is 5.82 Å². The van der Waals surface area contributed by atoms with Crippen LogP contribution in [0.4, 0.5) is 16.2 Å². The molecule has 0 unspecified atom stereocenters. The van der Waals surface area contributed by atoms with E-state index in [-0.39, 0.29) is 11.8 Å². The van der Waals surface area contributed by atoms with Gasteiger partial charge in [0.25, 0.3) is 0 Å². The molecule has 0 spiro atoms. The fraction of sp³-hybridized carbons (Fsp3) is 0.375. The minimum Gasteiger partial charge on any atom is -0.369 e. The van der Waals surface area contributed by atoms with Crippen molar-refractivity contribution in [3.8, 4) is 11.1 Å². The van der Waals surface area contributed by atoms with Crippen LogP contribution in [0.15, 0.2) is 30.5 Å². The predicted molar refractivity (Wildman–Crippen MR) is 89.4 cm³/mol. The number of nitrogens with zero attached hydrogens (tertiary/aromatic N) is 3. The first-order chi connectivity index (χ1) is 11.2. The van der Waals surface area contributed by atoms with E-state index in [1.54, 1.807) is 12.3 Å². The lowest BCUT2D eigenvalue weighted by Gasteiger charge is -2.15. The van der Waals surface area contributed by atoms with Crippen LogP contribution in [-0.2, 0) is 0 Å².